The third-order valence-electron chi connectivity index (χ3n) is 8.18. The number of hydrogen-bond acceptors (Lipinski definition) is 10. The van der Waals surface area contributed by atoms with Crippen LogP contribution in [-0.2, 0) is 6.54 Å². The van der Waals surface area contributed by atoms with Crippen molar-refractivity contribution in [1.29, 1.82) is 0 Å². The third kappa shape index (κ3) is 6.16. The van der Waals surface area contributed by atoms with Crippen molar-refractivity contribution in [1.82, 2.24) is 29.6 Å². The van der Waals surface area contributed by atoms with E-state index in [1.807, 2.05) is 18.2 Å². The van der Waals surface area contributed by atoms with Gasteiger partial charge in [0, 0.05) is 16.5 Å². The first-order valence-corrected chi connectivity index (χ1v) is 17.0. The molecule has 0 amide bonds. The second-order valence-corrected chi connectivity index (χ2v) is 12.9. The van der Waals surface area contributed by atoms with Crippen molar-refractivity contribution in [3.05, 3.63) is 83.8 Å². The Kier molecular flexibility index (Phi) is 9.05. The van der Waals surface area contributed by atoms with E-state index in [4.69, 9.17) is 24.2 Å². The lowest BCUT2D eigenvalue weighted by Gasteiger charge is -2.25. The van der Waals surface area contributed by atoms with Gasteiger partial charge in [-0.05, 0) is 67.5 Å². The number of piperidine rings is 1. The quantitative estimate of drug-likeness (QED) is 0.135. The molecule has 4 heterocycles. The van der Waals surface area contributed by atoms with E-state index in [1.54, 1.807) is 67.6 Å². The number of halogens is 1. The summed E-state index contributed by atoms with van der Waals surface area (Å²) in [6.45, 7) is 2.73. The molecular weight excluding hydrogens is 636 g/mol. The molecule has 12 heteroatoms. The second-order valence-electron chi connectivity index (χ2n) is 11.1. The second kappa shape index (κ2) is 13.7. The van der Waals surface area contributed by atoms with Crippen molar-refractivity contribution in [2.24, 2.45) is 0 Å². The van der Waals surface area contributed by atoms with Crippen LogP contribution >= 0.6 is 23.1 Å². The molecule has 0 atom stereocenters. The summed E-state index contributed by atoms with van der Waals surface area (Å²) in [4.78, 5) is 13.5. The number of fused-ring (bicyclic) bond motifs is 1. The minimum atomic E-state index is -0.415. The van der Waals surface area contributed by atoms with Gasteiger partial charge < -0.3 is 14.2 Å². The molecule has 1 aliphatic rings. The smallest absolute Gasteiger partial charge is 0.203 e. The van der Waals surface area contributed by atoms with E-state index in [2.05, 4.69) is 32.6 Å². The van der Waals surface area contributed by atoms with Crippen molar-refractivity contribution in [2.45, 2.75) is 36.0 Å². The Balaban J connectivity index is 1.40. The van der Waals surface area contributed by atoms with E-state index in [-0.39, 0.29) is 0 Å². The Labute approximate surface area is 280 Å². The highest BCUT2D eigenvalue weighted by molar-refractivity contribution is 7.99. The topological polar surface area (TPSA) is 87.4 Å². The number of benzene rings is 3. The van der Waals surface area contributed by atoms with Crippen LogP contribution in [0.1, 0.15) is 25.1 Å². The van der Waals surface area contributed by atoms with Crippen molar-refractivity contribution in [3.8, 4) is 45.5 Å². The fourth-order valence-electron chi connectivity index (χ4n) is 5.91. The summed E-state index contributed by atoms with van der Waals surface area (Å²) >= 11 is 2.95. The molecule has 0 radical (unpaired) electrons. The van der Waals surface area contributed by atoms with Gasteiger partial charge in [-0.1, -0.05) is 48.9 Å². The third-order valence-corrected chi connectivity index (χ3v) is 9.99. The van der Waals surface area contributed by atoms with Gasteiger partial charge in [0.05, 0.1) is 38.9 Å². The fourth-order valence-corrected chi connectivity index (χ4v) is 7.94. The Morgan fingerprint density at radius 2 is 1.55 bits per heavy atom. The lowest BCUT2D eigenvalue weighted by molar-refractivity contribution is 0.216. The molecule has 0 N–H and O–H groups in total. The minimum Gasteiger partial charge on any atom is -0.493 e. The van der Waals surface area contributed by atoms with Gasteiger partial charge in [0.15, 0.2) is 17.3 Å². The van der Waals surface area contributed by atoms with Gasteiger partial charge in [0.2, 0.25) is 10.9 Å². The van der Waals surface area contributed by atoms with Crippen molar-refractivity contribution >= 4 is 33.3 Å². The maximum absolute atomic E-state index is 15.6. The normalized spacial score (nSPS) is 13.6. The van der Waals surface area contributed by atoms with E-state index >= 15 is 4.39 Å². The molecule has 0 unspecified atom stereocenters. The number of aromatic nitrogens is 5. The molecule has 1 fully saturated rings. The summed E-state index contributed by atoms with van der Waals surface area (Å²) in [7, 11) is 4.65. The number of thiophene rings is 1. The predicted molar refractivity (Wildman–Crippen MR) is 183 cm³/mol. The molecule has 3 aromatic carbocycles. The number of likely N-dealkylation sites (tertiary alicyclic amines) is 1. The first-order valence-electron chi connectivity index (χ1n) is 15.3. The zero-order valence-electron chi connectivity index (χ0n) is 26.3. The molecule has 7 rings (SSSR count). The highest BCUT2D eigenvalue weighted by atomic mass is 32.2. The molecule has 0 bridgehead atoms. The van der Waals surface area contributed by atoms with Crippen molar-refractivity contribution < 1.29 is 18.6 Å². The van der Waals surface area contributed by atoms with Crippen LogP contribution in [0.25, 0.3) is 38.4 Å². The zero-order valence-corrected chi connectivity index (χ0v) is 27.9. The summed E-state index contributed by atoms with van der Waals surface area (Å²) in [5.74, 6) is 2.09. The molecule has 47 heavy (non-hydrogen) atoms. The lowest BCUT2D eigenvalue weighted by atomic mass is 10.1. The van der Waals surface area contributed by atoms with Crippen LogP contribution in [-0.4, -0.2) is 64.1 Å². The van der Waals surface area contributed by atoms with Gasteiger partial charge in [-0.25, -0.2) is 14.4 Å². The van der Waals surface area contributed by atoms with Gasteiger partial charge in [0.1, 0.15) is 21.5 Å². The first kappa shape index (κ1) is 31.1. The Morgan fingerprint density at radius 3 is 2.26 bits per heavy atom. The molecule has 0 saturated carbocycles. The van der Waals surface area contributed by atoms with Crippen LogP contribution in [0.5, 0.6) is 17.2 Å². The largest absolute Gasteiger partial charge is 0.493 e. The Hall–Kier alpha value is -4.52. The molecule has 1 aliphatic heterocycles. The molecule has 0 aliphatic carbocycles. The average Bonchev–Trinajstić information content (AvgIpc) is 3.73. The number of para-hydroxylation sites is 1. The SMILES string of the molecule is COc1cc(-c2nnc(Sc3nc(CN4CCCCC4)nc4scc(-c5ccccc5)c34)n2-c2ccccc2F)cc(OC)c1OC. The van der Waals surface area contributed by atoms with Gasteiger partial charge in [-0.3, -0.25) is 9.47 Å². The minimum absolute atomic E-state index is 0.302. The summed E-state index contributed by atoms with van der Waals surface area (Å²) in [6.07, 6.45) is 3.61. The first-order chi connectivity index (χ1) is 23.1. The molecular formula is C35H33FN6O3S2. The zero-order chi connectivity index (χ0) is 32.3. The number of nitrogens with zero attached hydrogens (tertiary/aromatic N) is 6. The predicted octanol–water partition coefficient (Wildman–Crippen LogP) is 7.91. The molecule has 0 spiro atoms. The fraction of sp³-hybridized carbons (Fsp3) is 0.257. The van der Waals surface area contributed by atoms with Crippen LogP contribution in [0.2, 0.25) is 0 Å². The Morgan fingerprint density at radius 1 is 0.830 bits per heavy atom. The van der Waals surface area contributed by atoms with Gasteiger partial charge >= 0.3 is 0 Å². The van der Waals surface area contributed by atoms with Gasteiger partial charge in [-0.2, -0.15) is 0 Å². The molecule has 240 valence electrons. The number of hydrogen-bond donors (Lipinski definition) is 0. The average molecular weight is 669 g/mol. The van der Waals surface area contributed by atoms with Crippen LogP contribution in [0.15, 0.2) is 82.3 Å². The summed E-state index contributed by atoms with van der Waals surface area (Å²) in [6, 6.07) is 20.4. The van der Waals surface area contributed by atoms with E-state index in [1.165, 1.54) is 37.1 Å². The van der Waals surface area contributed by atoms with E-state index in [9.17, 15) is 0 Å². The highest BCUT2D eigenvalue weighted by Gasteiger charge is 2.25. The van der Waals surface area contributed by atoms with Crippen molar-refractivity contribution in [3.63, 3.8) is 0 Å². The summed E-state index contributed by atoms with van der Waals surface area (Å²) in [5, 5.41) is 13.5. The lowest BCUT2D eigenvalue weighted by Crippen LogP contribution is -2.29. The highest BCUT2D eigenvalue weighted by Crippen LogP contribution is 2.44. The van der Waals surface area contributed by atoms with Crippen molar-refractivity contribution in [2.75, 3.05) is 34.4 Å². The van der Waals surface area contributed by atoms with Gasteiger partial charge in [-0.15, -0.1) is 21.5 Å². The summed E-state index contributed by atoms with van der Waals surface area (Å²) < 4.78 is 34.1. The van der Waals surface area contributed by atoms with Crippen LogP contribution in [0.4, 0.5) is 4.39 Å². The Bertz CT molecular complexity index is 2000. The number of rotatable bonds is 10. The molecule has 1 saturated heterocycles. The van der Waals surface area contributed by atoms with Crippen LogP contribution < -0.4 is 14.2 Å². The molecule has 6 aromatic rings. The maximum Gasteiger partial charge on any atom is 0.203 e. The molecule has 3 aromatic heterocycles. The summed E-state index contributed by atoms with van der Waals surface area (Å²) in [5.41, 5.74) is 3.03. The van der Waals surface area contributed by atoms with Gasteiger partial charge in [0.25, 0.3) is 0 Å². The monoisotopic (exact) mass is 668 g/mol. The standard InChI is InChI=1S/C35H33FN6O3S2/c1-43-27-18-23(19-28(44-2)31(27)45-3)32-39-40-35(42(32)26-15-9-8-14-25(26)36)47-34-30-24(22-12-6-4-7-13-22)21-46-33(30)37-29(38-34)20-41-16-10-5-11-17-41/h4,6-9,12-15,18-19,21H,5,10-11,16-17,20H2,1-3H3. The molecule has 9 nitrogen and oxygen atoms in total. The maximum atomic E-state index is 15.6. The van der Waals surface area contributed by atoms with E-state index in [0.29, 0.717) is 46.0 Å². The number of methoxy groups -OCH3 is 3. The number of ether oxygens (including phenoxy) is 3. The van der Waals surface area contributed by atoms with Crippen LogP contribution in [0.3, 0.4) is 0 Å². The van der Waals surface area contributed by atoms with E-state index in [0.717, 1.165) is 45.3 Å². The van der Waals surface area contributed by atoms with Crippen LogP contribution in [0, 0.1) is 5.82 Å². The van der Waals surface area contributed by atoms with E-state index < -0.39 is 5.82 Å².